The van der Waals surface area contributed by atoms with Crippen molar-refractivity contribution in [3.63, 3.8) is 0 Å². The molecule has 2 N–H and O–H groups in total. The molecule has 0 atom stereocenters. The normalized spacial score (nSPS) is 12.1. The van der Waals surface area contributed by atoms with Crippen molar-refractivity contribution >= 4 is 16.0 Å². The van der Waals surface area contributed by atoms with Gasteiger partial charge in [-0.2, -0.15) is 9.40 Å². The number of aromatic carboxylic acids is 1. The quantitative estimate of drug-likeness (QED) is 0.760. The van der Waals surface area contributed by atoms with Gasteiger partial charge in [0, 0.05) is 12.6 Å². The van der Waals surface area contributed by atoms with Gasteiger partial charge in [0.25, 0.3) is 0 Å². The minimum Gasteiger partial charge on any atom is -0.476 e. The maximum Gasteiger partial charge on any atom is 0.357 e. The van der Waals surface area contributed by atoms with Crippen LogP contribution in [0.4, 0.5) is 0 Å². The highest BCUT2D eigenvalue weighted by molar-refractivity contribution is 7.89. The summed E-state index contributed by atoms with van der Waals surface area (Å²) >= 11 is 0. The molecule has 0 aliphatic heterocycles. The van der Waals surface area contributed by atoms with Gasteiger partial charge in [0.15, 0.2) is 5.69 Å². The van der Waals surface area contributed by atoms with Gasteiger partial charge in [-0.15, -0.1) is 6.58 Å². The summed E-state index contributed by atoms with van der Waals surface area (Å²) in [4.78, 5) is 10.8. The summed E-state index contributed by atoms with van der Waals surface area (Å²) in [6, 6.07) is -0.320. The van der Waals surface area contributed by atoms with Gasteiger partial charge in [0.1, 0.15) is 4.90 Å². The van der Waals surface area contributed by atoms with Crippen LogP contribution in [0.2, 0.25) is 0 Å². The molecule has 7 nitrogen and oxygen atoms in total. The van der Waals surface area contributed by atoms with E-state index in [1.165, 1.54) is 17.3 Å². The first-order chi connectivity index (χ1) is 8.73. The molecule has 0 saturated carbocycles. The molecule has 0 aliphatic carbocycles. The van der Waals surface area contributed by atoms with Crippen molar-refractivity contribution in [3.8, 4) is 0 Å². The van der Waals surface area contributed by atoms with Crippen LogP contribution in [0.5, 0.6) is 0 Å². The summed E-state index contributed by atoms with van der Waals surface area (Å²) < 4.78 is 26.2. The lowest BCUT2D eigenvalue weighted by Crippen LogP contribution is -2.37. The predicted molar refractivity (Wildman–Crippen MR) is 69.5 cm³/mol. The Morgan fingerprint density at radius 2 is 2.16 bits per heavy atom. The summed E-state index contributed by atoms with van der Waals surface area (Å²) in [6.07, 6.45) is 1.45. The average molecular weight is 287 g/mol. The molecule has 1 rings (SSSR count). The number of aromatic amines is 1. The maximum atomic E-state index is 12.5. The Bertz CT molecular complexity index is 589. The van der Waals surface area contributed by atoms with Crippen molar-refractivity contribution in [2.75, 3.05) is 6.54 Å². The van der Waals surface area contributed by atoms with Gasteiger partial charge in [0.2, 0.25) is 10.0 Å². The molecular formula is C11H17N3O4S. The molecule has 0 bridgehead atoms. The summed E-state index contributed by atoms with van der Waals surface area (Å²) in [5.74, 6) is -1.38. The highest BCUT2D eigenvalue weighted by atomic mass is 32.2. The van der Waals surface area contributed by atoms with Gasteiger partial charge in [-0.3, -0.25) is 5.10 Å². The SMILES string of the molecule is C=CCN(C(C)C)S(=O)(=O)c1c(C(=O)O)n[nH]c1C. The van der Waals surface area contributed by atoms with Crippen molar-refractivity contribution in [1.82, 2.24) is 14.5 Å². The first-order valence-corrected chi connectivity index (χ1v) is 7.08. The van der Waals surface area contributed by atoms with E-state index < -0.39 is 21.7 Å². The van der Waals surface area contributed by atoms with E-state index in [0.717, 1.165) is 0 Å². The van der Waals surface area contributed by atoms with Crippen LogP contribution in [0.1, 0.15) is 30.0 Å². The first kappa shape index (κ1) is 15.4. The number of aromatic nitrogens is 2. The third-order valence-electron chi connectivity index (χ3n) is 2.55. The Labute approximate surface area is 112 Å². The highest BCUT2D eigenvalue weighted by Gasteiger charge is 2.34. The molecule has 0 fully saturated rings. The van der Waals surface area contributed by atoms with Crippen LogP contribution in [-0.2, 0) is 10.0 Å². The number of nitrogens with zero attached hydrogens (tertiary/aromatic N) is 2. The van der Waals surface area contributed by atoms with Crippen molar-refractivity contribution in [2.45, 2.75) is 31.7 Å². The van der Waals surface area contributed by atoms with Crippen molar-refractivity contribution in [2.24, 2.45) is 0 Å². The molecule has 1 aromatic heterocycles. The summed E-state index contributed by atoms with van der Waals surface area (Å²) in [5, 5.41) is 14.9. The fourth-order valence-corrected chi connectivity index (χ4v) is 3.61. The van der Waals surface area contributed by atoms with Gasteiger partial charge in [0.05, 0.1) is 5.69 Å². The minimum absolute atomic E-state index is 0.101. The Balaban J connectivity index is 3.45. The Morgan fingerprint density at radius 1 is 1.58 bits per heavy atom. The van der Waals surface area contributed by atoms with E-state index in [2.05, 4.69) is 16.8 Å². The number of carbonyl (C=O) groups is 1. The van der Waals surface area contributed by atoms with Gasteiger partial charge in [-0.1, -0.05) is 6.08 Å². The molecule has 0 saturated heterocycles. The van der Waals surface area contributed by atoms with Crippen LogP contribution in [0.15, 0.2) is 17.6 Å². The lowest BCUT2D eigenvalue weighted by atomic mass is 10.4. The van der Waals surface area contributed by atoms with Gasteiger partial charge < -0.3 is 5.11 Å². The van der Waals surface area contributed by atoms with Crippen LogP contribution in [0.25, 0.3) is 0 Å². The molecule has 0 radical (unpaired) electrons. The Morgan fingerprint density at radius 3 is 2.58 bits per heavy atom. The zero-order chi connectivity index (χ0) is 14.8. The van der Waals surface area contributed by atoms with E-state index >= 15 is 0 Å². The molecule has 8 heteroatoms. The van der Waals surface area contributed by atoms with Crippen LogP contribution in [0, 0.1) is 6.92 Å². The van der Waals surface area contributed by atoms with E-state index in [0.29, 0.717) is 0 Å². The summed E-state index contributed by atoms with van der Waals surface area (Å²) in [7, 11) is -3.94. The van der Waals surface area contributed by atoms with Gasteiger partial charge in [-0.05, 0) is 20.8 Å². The second-order valence-electron chi connectivity index (χ2n) is 4.29. The molecule has 0 amide bonds. The number of nitrogens with one attached hydrogen (secondary N) is 1. The van der Waals surface area contributed by atoms with Crippen LogP contribution in [-0.4, -0.2) is 46.6 Å². The third kappa shape index (κ3) is 2.85. The summed E-state index contributed by atoms with van der Waals surface area (Å²) in [6.45, 7) is 8.49. The molecule has 0 aliphatic rings. The van der Waals surface area contributed by atoms with Crippen LogP contribution >= 0.6 is 0 Å². The zero-order valence-corrected chi connectivity index (χ0v) is 11.9. The van der Waals surface area contributed by atoms with E-state index in [-0.39, 0.29) is 23.2 Å². The monoisotopic (exact) mass is 287 g/mol. The number of H-pyrrole nitrogens is 1. The van der Waals surface area contributed by atoms with Crippen molar-refractivity contribution in [3.05, 3.63) is 24.0 Å². The summed E-state index contributed by atoms with van der Waals surface area (Å²) in [5.41, 5.74) is -0.292. The number of carboxylic acid groups (broad SMARTS) is 1. The number of carboxylic acids is 1. The largest absolute Gasteiger partial charge is 0.476 e. The highest BCUT2D eigenvalue weighted by Crippen LogP contribution is 2.23. The standard InChI is InChI=1S/C11H17N3O4S/c1-5-6-14(7(2)3)19(17,18)10-8(4)12-13-9(10)11(15)16/h5,7H,1,6H2,2-4H3,(H,12,13)(H,15,16). The fourth-order valence-electron chi connectivity index (χ4n) is 1.71. The lowest BCUT2D eigenvalue weighted by Gasteiger charge is -2.24. The predicted octanol–water partition coefficient (Wildman–Crippen LogP) is 1.00. The van der Waals surface area contributed by atoms with Crippen LogP contribution in [0.3, 0.4) is 0 Å². The molecule has 1 heterocycles. The second kappa shape index (κ2) is 5.54. The molecule has 19 heavy (non-hydrogen) atoms. The second-order valence-corrected chi connectivity index (χ2v) is 6.12. The molecule has 0 unspecified atom stereocenters. The van der Waals surface area contributed by atoms with Crippen LogP contribution < -0.4 is 0 Å². The fraction of sp³-hybridized carbons (Fsp3) is 0.455. The third-order valence-corrected chi connectivity index (χ3v) is 4.75. The topological polar surface area (TPSA) is 103 Å². The first-order valence-electron chi connectivity index (χ1n) is 5.64. The maximum absolute atomic E-state index is 12.5. The number of rotatable bonds is 6. The van der Waals surface area contributed by atoms with Crippen molar-refractivity contribution < 1.29 is 18.3 Å². The average Bonchev–Trinajstić information content (AvgIpc) is 2.68. The Kier molecular flexibility index (Phi) is 4.48. The number of sulfonamides is 1. The molecule has 0 aromatic carbocycles. The van der Waals surface area contributed by atoms with E-state index in [1.54, 1.807) is 13.8 Å². The smallest absolute Gasteiger partial charge is 0.357 e. The van der Waals surface area contributed by atoms with Gasteiger partial charge >= 0.3 is 5.97 Å². The number of aryl methyl sites for hydroxylation is 1. The zero-order valence-electron chi connectivity index (χ0n) is 11.0. The molecule has 106 valence electrons. The van der Waals surface area contributed by atoms with Gasteiger partial charge in [-0.25, -0.2) is 13.2 Å². The molecular weight excluding hydrogens is 270 g/mol. The van der Waals surface area contributed by atoms with Crippen molar-refractivity contribution in [1.29, 1.82) is 0 Å². The van der Waals surface area contributed by atoms with E-state index in [4.69, 9.17) is 5.11 Å². The van der Waals surface area contributed by atoms with E-state index in [9.17, 15) is 13.2 Å². The lowest BCUT2D eigenvalue weighted by molar-refractivity contribution is 0.0686. The molecule has 0 spiro atoms. The minimum atomic E-state index is -3.94. The number of hydrogen-bond acceptors (Lipinski definition) is 4. The molecule has 1 aromatic rings. The van der Waals surface area contributed by atoms with E-state index in [1.807, 2.05) is 0 Å². The Hall–Kier alpha value is -1.67. The number of hydrogen-bond donors (Lipinski definition) is 2.